The third-order valence-electron chi connectivity index (χ3n) is 4.58. The topological polar surface area (TPSA) is 90.9 Å². The number of nitrogens with one attached hydrogen (secondary N) is 1. The van der Waals surface area contributed by atoms with Crippen molar-refractivity contribution in [3.8, 4) is 0 Å². The summed E-state index contributed by atoms with van der Waals surface area (Å²) in [6, 6.07) is 10.7. The molecule has 0 aliphatic heterocycles. The van der Waals surface area contributed by atoms with Crippen LogP contribution in [0.2, 0.25) is 15.1 Å². The number of carbonyl (C=O) groups is 2. The number of benzene rings is 1. The maximum atomic E-state index is 13.0. The molecule has 3 aromatic heterocycles. The van der Waals surface area contributed by atoms with E-state index in [1.165, 1.54) is 0 Å². The number of amides is 1. The molecule has 31 heavy (non-hydrogen) atoms. The van der Waals surface area contributed by atoms with Crippen molar-refractivity contribution in [2.45, 2.75) is 6.54 Å². The molecule has 3 heterocycles. The van der Waals surface area contributed by atoms with Crippen LogP contribution in [0.25, 0.3) is 11.0 Å². The van der Waals surface area contributed by atoms with E-state index in [1.54, 1.807) is 35.2 Å². The lowest BCUT2D eigenvalue weighted by molar-refractivity contribution is -0.605. The molecule has 4 aromatic rings. The predicted octanol–water partition coefficient (Wildman–Crippen LogP) is 4.50. The number of hydrogen-bond donors (Lipinski definition) is 1. The van der Waals surface area contributed by atoms with Crippen LogP contribution in [0.5, 0.6) is 0 Å². The van der Waals surface area contributed by atoms with E-state index in [2.05, 4.69) is 10.3 Å². The molecule has 1 amide bonds. The van der Waals surface area contributed by atoms with E-state index in [4.69, 9.17) is 34.8 Å². The first-order valence-corrected chi connectivity index (χ1v) is 10.1. The predicted molar refractivity (Wildman–Crippen MR) is 119 cm³/mol. The van der Waals surface area contributed by atoms with Crippen LogP contribution in [0.3, 0.4) is 0 Å². The highest BCUT2D eigenvalue weighted by molar-refractivity contribution is 6.50. The molecule has 0 aliphatic rings. The Morgan fingerprint density at radius 3 is 2.45 bits per heavy atom. The summed E-state index contributed by atoms with van der Waals surface area (Å²) in [6.45, 7) is 0.363. The van der Waals surface area contributed by atoms with Crippen LogP contribution >= 0.6 is 34.8 Å². The molecule has 0 aliphatic carbocycles. The molecule has 0 atom stereocenters. The summed E-state index contributed by atoms with van der Waals surface area (Å²) in [5.74, 6) is -1.75. The highest BCUT2D eigenvalue weighted by Crippen LogP contribution is 2.29. The first-order chi connectivity index (χ1) is 14.8. The number of pyridine rings is 2. The van der Waals surface area contributed by atoms with E-state index >= 15 is 0 Å². The lowest BCUT2D eigenvalue weighted by Crippen LogP contribution is -2.27. The van der Waals surface area contributed by atoms with Gasteiger partial charge in [-0.2, -0.15) is 4.73 Å². The number of carbonyl (C=O) groups excluding carboxylic acids is 2. The quantitative estimate of drug-likeness (QED) is 0.199. The molecule has 7 nitrogen and oxygen atoms in total. The number of nitrogens with zero attached hydrogens (tertiary/aromatic N) is 3. The van der Waals surface area contributed by atoms with E-state index in [9.17, 15) is 14.8 Å². The number of Topliss-reactive ketones (excluding diaryl/α,β-unsaturated/α-hetero) is 1. The minimum absolute atomic E-state index is 0.0216. The van der Waals surface area contributed by atoms with Crippen LogP contribution in [0.1, 0.15) is 15.9 Å². The molecule has 0 saturated carbocycles. The maximum absolute atomic E-state index is 13.0. The third-order valence-corrected chi connectivity index (χ3v) is 5.52. The van der Waals surface area contributed by atoms with Crippen molar-refractivity contribution < 1.29 is 14.3 Å². The van der Waals surface area contributed by atoms with Crippen LogP contribution in [0, 0.1) is 5.21 Å². The van der Waals surface area contributed by atoms with Gasteiger partial charge in [0.1, 0.15) is 15.7 Å². The summed E-state index contributed by atoms with van der Waals surface area (Å²) in [5.41, 5.74) is 1.51. The minimum atomic E-state index is -0.951. The van der Waals surface area contributed by atoms with Gasteiger partial charge in [-0.1, -0.05) is 53.0 Å². The Morgan fingerprint density at radius 2 is 1.74 bits per heavy atom. The standard InChI is InChI=1S/C21H13Cl3N4O3/c22-15-6-2-1-4-12(15)8-27-9-14(13-5-3-7-25-20(13)27)19(29)21(30)26-18-16(23)10-28(31)11-17(18)24/h1-7,9-11H,8H2,(H,26,30). The second-order valence-electron chi connectivity index (χ2n) is 6.61. The van der Waals surface area contributed by atoms with Crippen molar-refractivity contribution >= 4 is 63.2 Å². The minimum Gasteiger partial charge on any atom is -0.619 e. The molecule has 1 aromatic carbocycles. The monoisotopic (exact) mass is 474 g/mol. The smallest absolute Gasteiger partial charge is 0.296 e. The van der Waals surface area contributed by atoms with E-state index < -0.39 is 11.7 Å². The zero-order valence-electron chi connectivity index (χ0n) is 15.7. The van der Waals surface area contributed by atoms with Crippen molar-refractivity contribution in [3.63, 3.8) is 0 Å². The molecular weight excluding hydrogens is 463 g/mol. The Morgan fingerprint density at radius 1 is 1.03 bits per heavy atom. The first-order valence-electron chi connectivity index (χ1n) is 8.96. The van der Waals surface area contributed by atoms with E-state index in [-0.39, 0.29) is 21.3 Å². The fourth-order valence-corrected chi connectivity index (χ4v) is 3.88. The lowest BCUT2D eigenvalue weighted by Gasteiger charge is -2.08. The fourth-order valence-electron chi connectivity index (χ4n) is 3.15. The highest BCUT2D eigenvalue weighted by Gasteiger charge is 2.24. The number of rotatable bonds is 5. The number of hydrogen-bond acceptors (Lipinski definition) is 4. The van der Waals surface area contributed by atoms with Crippen LogP contribution in [0.4, 0.5) is 5.69 Å². The number of anilines is 1. The normalized spacial score (nSPS) is 10.9. The van der Waals surface area contributed by atoms with Gasteiger partial charge >= 0.3 is 0 Å². The molecule has 0 radical (unpaired) electrons. The Labute approximate surface area is 191 Å². The molecule has 4 rings (SSSR count). The summed E-state index contributed by atoms with van der Waals surface area (Å²) >= 11 is 18.2. The van der Waals surface area contributed by atoms with Gasteiger partial charge in [0.25, 0.3) is 11.7 Å². The number of halogens is 3. The van der Waals surface area contributed by atoms with Crippen LogP contribution < -0.4 is 10.0 Å². The Hall–Kier alpha value is -3.13. The van der Waals surface area contributed by atoms with E-state index in [1.807, 2.05) is 18.2 Å². The molecule has 0 spiro atoms. The van der Waals surface area contributed by atoms with Gasteiger partial charge in [-0.15, -0.1) is 0 Å². The van der Waals surface area contributed by atoms with Gasteiger partial charge in [-0.05, 0) is 23.8 Å². The molecule has 0 fully saturated rings. The van der Waals surface area contributed by atoms with Crippen molar-refractivity contribution in [3.05, 3.63) is 92.6 Å². The zero-order valence-corrected chi connectivity index (χ0v) is 17.9. The van der Waals surface area contributed by atoms with Crippen molar-refractivity contribution in [1.29, 1.82) is 0 Å². The molecule has 0 unspecified atom stereocenters. The largest absolute Gasteiger partial charge is 0.619 e. The second kappa shape index (κ2) is 8.55. The molecule has 10 heteroatoms. The summed E-state index contributed by atoms with van der Waals surface area (Å²) in [6.07, 6.45) is 5.20. The van der Waals surface area contributed by atoms with Crippen molar-refractivity contribution in [2.75, 3.05) is 5.32 Å². The van der Waals surface area contributed by atoms with Gasteiger partial charge in [0.2, 0.25) is 12.4 Å². The SMILES string of the molecule is O=C(Nc1c(Cl)c[n+]([O-])cc1Cl)C(=O)c1cn(Cc2ccccc2Cl)c2ncccc12. The Balaban J connectivity index is 1.69. The average molecular weight is 476 g/mol. The van der Waals surface area contributed by atoms with Crippen LogP contribution in [-0.4, -0.2) is 21.2 Å². The Bertz CT molecular complexity index is 1310. The Kier molecular flexibility index (Phi) is 5.82. The maximum Gasteiger partial charge on any atom is 0.296 e. The van der Waals surface area contributed by atoms with Crippen molar-refractivity contribution in [2.24, 2.45) is 0 Å². The van der Waals surface area contributed by atoms with Crippen LogP contribution in [-0.2, 0) is 11.3 Å². The number of aromatic nitrogens is 3. The zero-order chi connectivity index (χ0) is 22.1. The van der Waals surface area contributed by atoms with Gasteiger partial charge in [-0.3, -0.25) is 9.59 Å². The number of fused-ring (bicyclic) bond motifs is 1. The fraction of sp³-hybridized carbons (Fsp3) is 0.0476. The lowest BCUT2D eigenvalue weighted by atomic mass is 10.1. The molecular formula is C21H13Cl3N4O3. The molecule has 1 N–H and O–H groups in total. The molecule has 0 saturated heterocycles. The van der Waals surface area contributed by atoms with E-state index in [0.717, 1.165) is 18.0 Å². The second-order valence-corrected chi connectivity index (χ2v) is 7.83. The number of ketones is 1. The van der Waals surface area contributed by atoms with Crippen molar-refractivity contribution in [1.82, 2.24) is 9.55 Å². The summed E-state index contributed by atoms with van der Waals surface area (Å²) in [4.78, 5) is 30.0. The van der Waals surface area contributed by atoms with Gasteiger partial charge in [0.15, 0.2) is 0 Å². The third kappa shape index (κ3) is 4.20. The van der Waals surface area contributed by atoms with E-state index in [0.29, 0.717) is 27.3 Å². The first kappa shape index (κ1) is 21.1. The van der Waals surface area contributed by atoms with Gasteiger partial charge in [-0.25, -0.2) is 4.98 Å². The van der Waals surface area contributed by atoms with Gasteiger partial charge < -0.3 is 15.1 Å². The van der Waals surface area contributed by atoms with Gasteiger partial charge in [0.05, 0.1) is 17.8 Å². The summed E-state index contributed by atoms with van der Waals surface area (Å²) in [7, 11) is 0. The van der Waals surface area contributed by atoms with Gasteiger partial charge in [0, 0.05) is 22.8 Å². The van der Waals surface area contributed by atoms with Crippen LogP contribution in [0.15, 0.2) is 61.2 Å². The summed E-state index contributed by atoms with van der Waals surface area (Å²) in [5, 5.41) is 14.7. The molecule has 156 valence electrons. The summed E-state index contributed by atoms with van der Waals surface area (Å²) < 4.78 is 2.15. The molecule has 0 bridgehead atoms. The average Bonchev–Trinajstić information content (AvgIpc) is 3.10. The highest BCUT2D eigenvalue weighted by atomic mass is 35.5.